The number of amides is 3. The van der Waals surface area contributed by atoms with Gasteiger partial charge in [-0.05, 0) is 42.5 Å². The lowest BCUT2D eigenvalue weighted by Gasteiger charge is -2.14. The predicted octanol–water partition coefficient (Wildman–Crippen LogP) is 1.02. The maximum atomic E-state index is 12.2. The summed E-state index contributed by atoms with van der Waals surface area (Å²) in [5.41, 5.74) is 0.532. The van der Waals surface area contributed by atoms with Crippen molar-refractivity contribution in [2.24, 2.45) is 0 Å². The Morgan fingerprint density at radius 2 is 2.08 bits per heavy atom. The molecule has 0 radical (unpaired) electrons. The standard InChI is InChI=1S/C15H14N2O6S/c1-8(14(21)22)16-12(19)7-17-13(20)11(24-15(17)23)6-9-3-2-4-10(18)5-9/h2-6,8,18H,7H2,1H3,(H,16,19)(H,21,22)/b11-6-. The number of nitrogens with one attached hydrogen (secondary N) is 1. The van der Waals surface area contributed by atoms with Crippen LogP contribution in [0.1, 0.15) is 12.5 Å². The minimum Gasteiger partial charge on any atom is -0.508 e. The van der Waals surface area contributed by atoms with Crippen LogP contribution in [0.4, 0.5) is 4.79 Å². The highest BCUT2D eigenvalue weighted by molar-refractivity contribution is 8.18. The van der Waals surface area contributed by atoms with Crippen LogP contribution in [0.3, 0.4) is 0 Å². The molecule has 1 aliphatic rings. The Morgan fingerprint density at radius 3 is 2.71 bits per heavy atom. The first kappa shape index (κ1) is 17.5. The number of phenolic OH excluding ortho intramolecular Hbond substituents is 1. The number of carbonyl (C=O) groups is 4. The summed E-state index contributed by atoms with van der Waals surface area (Å²) >= 11 is 0.670. The fraction of sp³-hybridized carbons (Fsp3) is 0.200. The van der Waals surface area contributed by atoms with Gasteiger partial charge in [-0.2, -0.15) is 0 Å². The Bertz CT molecular complexity index is 745. The summed E-state index contributed by atoms with van der Waals surface area (Å²) in [5, 5.41) is 19.7. The first-order valence-electron chi connectivity index (χ1n) is 6.84. The van der Waals surface area contributed by atoms with Crippen molar-refractivity contribution in [3.05, 3.63) is 34.7 Å². The van der Waals surface area contributed by atoms with E-state index in [1.165, 1.54) is 25.1 Å². The van der Waals surface area contributed by atoms with Gasteiger partial charge in [0.2, 0.25) is 5.91 Å². The van der Waals surface area contributed by atoms with Crippen molar-refractivity contribution < 1.29 is 29.4 Å². The van der Waals surface area contributed by atoms with Gasteiger partial charge >= 0.3 is 5.97 Å². The van der Waals surface area contributed by atoms with Crippen LogP contribution in [0, 0.1) is 0 Å². The topological polar surface area (TPSA) is 124 Å². The Morgan fingerprint density at radius 1 is 1.38 bits per heavy atom. The van der Waals surface area contributed by atoms with E-state index in [0.29, 0.717) is 17.3 Å². The highest BCUT2D eigenvalue weighted by atomic mass is 32.2. The molecule has 3 amide bonds. The van der Waals surface area contributed by atoms with E-state index in [-0.39, 0.29) is 10.7 Å². The van der Waals surface area contributed by atoms with Gasteiger partial charge in [-0.15, -0.1) is 0 Å². The zero-order chi connectivity index (χ0) is 17.9. The van der Waals surface area contributed by atoms with Gasteiger partial charge in [0.1, 0.15) is 18.3 Å². The molecule has 3 N–H and O–H groups in total. The van der Waals surface area contributed by atoms with Crippen LogP contribution in [-0.2, 0) is 14.4 Å². The van der Waals surface area contributed by atoms with Gasteiger partial charge in [-0.1, -0.05) is 12.1 Å². The summed E-state index contributed by atoms with van der Waals surface area (Å²) < 4.78 is 0. The van der Waals surface area contributed by atoms with Crippen LogP contribution >= 0.6 is 11.8 Å². The van der Waals surface area contributed by atoms with Crippen LogP contribution in [0.25, 0.3) is 6.08 Å². The summed E-state index contributed by atoms with van der Waals surface area (Å²) in [6, 6.07) is 5.01. The van der Waals surface area contributed by atoms with Gasteiger partial charge in [0, 0.05) is 0 Å². The third-order valence-electron chi connectivity index (χ3n) is 3.09. The molecule has 0 aromatic heterocycles. The van der Waals surface area contributed by atoms with Crippen LogP contribution in [0.5, 0.6) is 5.75 Å². The number of imide groups is 1. The molecule has 0 spiro atoms. The maximum absolute atomic E-state index is 12.2. The monoisotopic (exact) mass is 350 g/mol. The van der Waals surface area contributed by atoms with Gasteiger partial charge in [-0.3, -0.25) is 24.1 Å². The SMILES string of the molecule is CC(NC(=O)CN1C(=O)S/C(=C\c2cccc(O)c2)C1=O)C(=O)O. The maximum Gasteiger partial charge on any atom is 0.325 e. The molecular formula is C15H14N2O6S. The van der Waals surface area contributed by atoms with Crippen molar-refractivity contribution in [3.8, 4) is 5.75 Å². The fourth-order valence-electron chi connectivity index (χ4n) is 1.89. The van der Waals surface area contributed by atoms with Crippen molar-refractivity contribution >= 4 is 40.9 Å². The molecule has 8 nitrogen and oxygen atoms in total. The third-order valence-corrected chi connectivity index (χ3v) is 4.00. The Kier molecular flexibility index (Phi) is 5.24. The minimum absolute atomic E-state index is 0.0185. The highest BCUT2D eigenvalue weighted by Crippen LogP contribution is 2.32. The van der Waals surface area contributed by atoms with E-state index in [2.05, 4.69) is 5.32 Å². The molecule has 1 aromatic carbocycles. The second kappa shape index (κ2) is 7.18. The highest BCUT2D eigenvalue weighted by Gasteiger charge is 2.36. The summed E-state index contributed by atoms with van der Waals surface area (Å²) in [7, 11) is 0. The van der Waals surface area contributed by atoms with Crippen LogP contribution < -0.4 is 5.32 Å². The van der Waals surface area contributed by atoms with Gasteiger partial charge in [-0.25, -0.2) is 0 Å². The molecular weight excluding hydrogens is 336 g/mol. The number of phenols is 1. The summed E-state index contributed by atoms with van der Waals surface area (Å²) in [6.07, 6.45) is 1.43. The Hall–Kier alpha value is -2.81. The quantitative estimate of drug-likeness (QED) is 0.677. The van der Waals surface area contributed by atoms with Crippen molar-refractivity contribution in [2.75, 3.05) is 6.54 Å². The molecule has 24 heavy (non-hydrogen) atoms. The molecule has 1 saturated heterocycles. The van der Waals surface area contributed by atoms with Crippen molar-refractivity contribution in [3.63, 3.8) is 0 Å². The molecule has 0 bridgehead atoms. The second-order valence-electron chi connectivity index (χ2n) is 4.99. The molecule has 1 aliphatic heterocycles. The number of thioether (sulfide) groups is 1. The zero-order valence-corrected chi connectivity index (χ0v) is 13.4. The molecule has 1 atom stereocenters. The summed E-state index contributed by atoms with van der Waals surface area (Å²) in [6.45, 7) is 0.718. The number of benzene rings is 1. The average molecular weight is 350 g/mol. The van der Waals surface area contributed by atoms with E-state index < -0.39 is 35.6 Å². The summed E-state index contributed by atoms with van der Waals surface area (Å²) in [4.78, 5) is 47.4. The van der Waals surface area contributed by atoms with E-state index in [4.69, 9.17) is 5.11 Å². The van der Waals surface area contributed by atoms with Crippen LogP contribution in [0.2, 0.25) is 0 Å². The zero-order valence-electron chi connectivity index (χ0n) is 12.6. The van der Waals surface area contributed by atoms with Gasteiger partial charge in [0.15, 0.2) is 0 Å². The number of hydrogen-bond acceptors (Lipinski definition) is 6. The number of aliphatic carboxylic acids is 1. The lowest BCUT2D eigenvalue weighted by Crippen LogP contribution is -2.45. The summed E-state index contributed by atoms with van der Waals surface area (Å²) in [5.74, 6) is -2.59. The molecule has 0 saturated carbocycles. The Labute approximate surface area is 141 Å². The van der Waals surface area contributed by atoms with Crippen molar-refractivity contribution in [1.82, 2.24) is 10.2 Å². The van der Waals surface area contributed by atoms with E-state index in [1.54, 1.807) is 12.1 Å². The number of carbonyl (C=O) groups excluding carboxylic acids is 3. The van der Waals surface area contributed by atoms with E-state index in [0.717, 1.165) is 4.90 Å². The largest absolute Gasteiger partial charge is 0.508 e. The lowest BCUT2D eigenvalue weighted by atomic mass is 10.2. The van der Waals surface area contributed by atoms with Gasteiger partial charge in [0.25, 0.3) is 11.1 Å². The molecule has 126 valence electrons. The first-order chi connectivity index (χ1) is 11.3. The molecule has 9 heteroatoms. The van der Waals surface area contributed by atoms with E-state index >= 15 is 0 Å². The molecule has 1 heterocycles. The molecule has 1 fully saturated rings. The first-order valence-corrected chi connectivity index (χ1v) is 7.66. The molecule has 0 aliphatic carbocycles. The fourth-order valence-corrected chi connectivity index (χ4v) is 2.73. The molecule has 2 rings (SSSR count). The number of rotatable bonds is 5. The second-order valence-corrected chi connectivity index (χ2v) is 5.98. The molecule has 1 unspecified atom stereocenters. The lowest BCUT2D eigenvalue weighted by molar-refractivity contribution is -0.141. The third kappa shape index (κ3) is 4.13. The molecule has 1 aromatic rings. The van der Waals surface area contributed by atoms with E-state index in [9.17, 15) is 24.3 Å². The number of carboxylic acids is 1. The number of aromatic hydroxyl groups is 1. The van der Waals surface area contributed by atoms with Crippen LogP contribution in [0.15, 0.2) is 29.2 Å². The minimum atomic E-state index is -1.22. The number of nitrogens with zero attached hydrogens (tertiary/aromatic N) is 1. The smallest absolute Gasteiger partial charge is 0.325 e. The van der Waals surface area contributed by atoms with E-state index in [1.807, 2.05) is 0 Å². The van der Waals surface area contributed by atoms with Crippen LogP contribution in [-0.4, -0.2) is 50.7 Å². The average Bonchev–Trinajstić information content (AvgIpc) is 2.74. The van der Waals surface area contributed by atoms with Crippen molar-refractivity contribution in [2.45, 2.75) is 13.0 Å². The van der Waals surface area contributed by atoms with Crippen molar-refractivity contribution in [1.29, 1.82) is 0 Å². The number of carboxylic acid groups (broad SMARTS) is 1. The van der Waals surface area contributed by atoms with Gasteiger partial charge in [0.05, 0.1) is 4.91 Å². The Balaban J connectivity index is 2.09. The number of hydrogen-bond donors (Lipinski definition) is 3. The predicted molar refractivity (Wildman–Crippen MR) is 86.0 cm³/mol. The van der Waals surface area contributed by atoms with Gasteiger partial charge < -0.3 is 15.5 Å². The normalized spacial score (nSPS) is 17.2.